The van der Waals surface area contributed by atoms with Gasteiger partial charge in [0, 0.05) is 31.7 Å². The van der Waals surface area contributed by atoms with E-state index in [-0.39, 0.29) is 5.91 Å². The molecule has 0 saturated carbocycles. The van der Waals surface area contributed by atoms with Crippen molar-refractivity contribution >= 4 is 21.8 Å². The van der Waals surface area contributed by atoms with Crippen molar-refractivity contribution in [2.75, 3.05) is 6.54 Å². The minimum absolute atomic E-state index is 0.0284. The molecule has 98 valence electrons. The first-order valence-corrected chi connectivity index (χ1v) is 6.80. The largest absolute Gasteiger partial charge is 0.335 e. The van der Waals surface area contributed by atoms with Crippen molar-refractivity contribution in [2.45, 2.75) is 13.5 Å². The normalized spacial score (nSPS) is 10.2. The maximum absolute atomic E-state index is 12.4. The number of carbonyl (C=O) groups is 1. The third kappa shape index (κ3) is 3.38. The molecule has 0 radical (unpaired) electrons. The quantitative estimate of drug-likeness (QED) is 0.814. The summed E-state index contributed by atoms with van der Waals surface area (Å²) >= 11 is 3.31. The van der Waals surface area contributed by atoms with E-state index in [1.807, 2.05) is 19.1 Å². The Morgan fingerprint density at radius 3 is 2.63 bits per heavy atom. The third-order valence-corrected chi connectivity index (χ3v) is 3.41. The Morgan fingerprint density at radius 2 is 2.00 bits per heavy atom. The van der Waals surface area contributed by atoms with Crippen LogP contribution in [0.25, 0.3) is 0 Å². The van der Waals surface area contributed by atoms with Gasteiger partial charge in [0.2, 0.25) is 0 Å². The molecule has 5 heteroatoms. The van der Waals surface area contributed by atoms with Crippen molar-refractivity contribution in [3.8, 4) is 0 Å². The topological polar surface area (TPSA) is 46.1 Å². The first-order chi connectivity index (χ1) is 9.22. The Kier molecular flexibility index (Phi) is 4.63. The minimum Gasteiger partial charge on any atom is -0.335 e. The van der Waals surface area contributed by atoms with Gasteiger partial charge in [-0.05, 0) is 52.7 Å². The zero-order valence-corrected chi connectivity index (χ0v) is 12.2. The molecule has 19 heavy (non-hydrogen) atoms. The molecular weight excluding hydrogens is 306 g/mol. The van der Waals surface area contributed by atoms with Gasteiger partial charge in [0.05, 0.1) is 5.56 Å². The molecule has 2 aromatic heterocycles. The number of hydrogen-bond donors (Lipinski definition) is 0. The molecule has 4 nitrogen and oxygen atoms in total. The Hall–Kier alpha value is -1.75. The lowest BCUT2D eigenvalue weighted by Gasteiger charge is -2.21. The number of carbonyl (C=O) groups excluding carboxylic acids is 1. The summed E-state index contributed by atoms with van der Waals surface area (Å²) in [4.78, 5) is 22.3. The van der Waals surface area contributed by atoms with Crippen LogP contribution in [-0.2, 0) is 6.54 Å². The van der Waals surface area contributed by atoms with E-state index < -0.39 is 0 Å². The molecule has 0 aromatic carbocycles. The molecule has 0 aliphatic carbocycles. The van der Waals surface area contributed by atoms with Crippen LogP contribution in [0.5, 0.6) is 0 Å². The average molecular weight is 320 g/mol. The summed E-state index contributed by atoms with van der Waals surface area (Å²) in [7, 11) is 0. The Balaban J connectivity index is 2.18. The van der Waals surface area contributed by atoms with Crippen LogP contribution in [0.15, 0.2) is 47.5 Å². The first kappa shape index (κ1) is 13.7. The number of rotatable bonds is 4. The number of nitrogens with zero attached hydrogens (tertiary/aromatic N) is 3. The SMILES string of the molecule is CCN(Cc1ccncc1)C(=O)c1cccnc1Br. The minimum atomic E-state index is -0.0284. The molecule has 0 N–H and O–H groups in total. The Bertz CT molecular complexity index is 560. The average Bonchev–Trinajstić information content (AvgIpc) is 2.46. The lowest BCUT2D eigenvalue weighted by atomic mass is 10.2. The highest BCUT2D eigenvalue weighted by Crippen LogP contribution is 2.16. The van der Waals surface area contributed by atoms with E-state index >= 15 is 0 Å². The Morgan fingerprint density at radius 1 is 1.26 bits per heavy atom. The molecule has 0 unspecified atom stereocenters. The van der Waals surface area contributed by atoms with Gasteiger partial charge in [-0.1, -0.05) is 0 Å². The van der Waals surface area contributed by atoms with Crippen molar-refractivity contribution in [3.63, 3.8) is 0 Å². The highest BCUT2D eigenvalue weighted by atomic mass is 79.9. The predicted octanol–water partition coefficient (Wildman–Crippen LogP) is 2.90. The lowest BCUT2D eigenvalue weighted by molar-refractivity contribution is 0.0751. The summed E-state index contributed by atoms with van der Waals surface area (Å²) in [5.41, 5.74) is 1.64. The van der Waals surface area contributed by atoms with Crippen LogP contribution in [0.3, 0.4) is 0 Å². The maximum Gasteiger partial charge on any atom is 0.256 e. The van der Waals surface area contributed by atoms with Crippen LogP contribution < -0.4 is 0 Å². The maximum atomic E-state index is 12.4. The van der Waals surface area contributed by atoms with Crippen LogP contribution in [-0.4, -0.2) is 27.3 Å². The summed E-state index contributed by atoms with van der Waals surface area (Å²) in [6.45, 7) is 3.17. The van der Waals surface area contributed by atoms with E-state index in [9.17, 15) is 4.79 Å². The number of aromatic nitrogens is 2. The Labute approximate surface area is 120 Å². The van der Waals surface area contributed by atoms with Crippen LogP contribution >= 0.6 is 15.9 Å². The number of amides is 1. The molecule has 0 bridgehead atoms. The third-order valence-electron chi connectivity index (χ3n) is 2.78. The van der Waals surface area contributed by atoms with Gasteiger partial charge in [-0.3, -0.25) is 9.78 Å². The molecular formula is C14H14BrN3O. The van der Waals surface area contributed by atoms with E-state index in [0.717, 1.165) is 5.56 Å². The molecule has 2 heterocycles. The molecule has 0 spiro atoms. The first-order valence-electron chi connectivity index (χ1n) is 6.01. The summed E-state index contributed by atoms with van der Waals surface area (Å²) in [6.07, 6.45) is 5.11. The van der Waals surface area contributed by atoms with Crippen LogP contribution in [0.1, 0.15) is 22.8 Å². The van der Waals surface area contributed by atoms with E-state index in [4.69, 9.17) is 0 Å². The van der Waals surface area contributed by atoms with Crippen LogP contribution in [0.2, 0.25) is 0 Å². The van der Waals surface area contributed by atoms with Gasteiger partial charge < -0.3 is 4.90 Å². The van der Waals surface area contributed by atoms with Gasteiger partial charge in [-0.25, -0.2) is 4.98 Å². The van der Waals surface area contributed by atoms with Crippen molar-refractivity contribution in [2.24, 2.45) is 0 Å². The van der Waals surface area contributed by atoms with Gasteiger partial charge >= 0.3 is 0 Å². The number of pyridine rings is 2. The molecule has 0 saturated heterocycles. The van der Waals surface area contributed by atoms with Crippen molar-refractivity contribution in [1.29, 1.82) is 0 Å². The van der Waals surface area contributed by atoms with E-state index in [2.05, 4.69) is 25.9 Å². The summed E-state index contributed by atoms with van der Waals surface area (Å²) in [5, 5.41) is 0. The second-order valence-electron chi connectivity index (χ2n) is 4.02. The number of halogens is 1. The van der Waals surface area contributed by atoms with E-state index in [0.29, 0.717) is 23.3 Å². The van der Waals surface area contributed by atoms with E-state index in [1.54, 1.807) is 35.6 Å². The van der Waals surface area contributed by atoms with E-state index in [1.165, 1.54) is 0 Å². The van der Waals surface area contributed by atoms with Crippen molar-refractivity contribution < 1.29 is 4.79 Å². The zero-order valence-electron chi connectivity index (χ0n) is 10.6. The fourth-order valence-electron chi connectivity index (χ4n) is 1.75. The predicted molar refractivity (Wildman–Crippen MR) is 76.6 cm³/mol. The molecule has 0 atom stereocenters. The van der Waals surface area contributed by atoms with Gasteiger partial charge in [0.1, 0.15) is 4.60 Å². The number of hydrogen-bond acceptors (Lipinski definition) is 3. The molecule has 2 rings (SSSR count). The fraction of sp³-hybridized carbons (Fsp3) is 0.214. The summed E-state index contributed by atoms with van der Waals surface area (Å²) in [5.74, 6) is -0.0284. The van der Waals surface area contributed by atoms with Crippen molar-refractivity contribution in [3.05, 3.63) is 58.6 Å². The van der Waals surface area contributed by atoms with Gasteiger partial charge in [-0.15, -0.1) is 0 Å². The smallest absolute Gasteiger partial charge is 0.256 e. The fourth-order valence-corrected chi connectivity index (χ4v) is 2.17. The molecule has 1 amide bonds. The molecule has 0 aliphatic heterocycles. The van der Waals surface area contributed by atoms with Crippen molar-refractivity contribution in [1.82, 2.24) is 14.9 Å². The monoisotopic (exact) mass is 319 g/mol. The second kappa shape index (κ2) is 6.43. The van der Waals surface area contributed by atoms with Gasteiger partial charge in [-0.2, -0.15) is 0 Å². The summed E-state index contributed by atoms with van der Waals surface area (Å²) in [6, 6.07) is 7.36. The van der Waals surface area contributed by atoms with Crippen LogP contribution in [0.4, 0.5) is 0 Å². The summed E-state index contributed by atoms with van der Waals surface area (Å²) < 4.78 is 0.577. The van der Waals surface area contributed by atoms with Gasteiger partial charge in [0.15, 0.2) is 0 Å². The highest BCUT2D eigenvalue weighted by Gasteiger charge is 2.17. The molecule has 0 fully saturated rings. The lowest BCUT2D eigenvalue weighted by Crippen LogP contribution is -2.30. The highest BCUT2D eigenvalue weighted by molar-refractivity contribution is 9.10. The molecule has 0 aliphatic rings. The van der Waals surface area contributed by atoms with Crippen LogP contribution in [0, 0.1) is 0 Å². The molecule has 2 aromatic rings. The standard InChI is InChI=1S/C14H14BrN3O/c1-2-18(10-11-5-8-16-9-6-11)14(19)12-4-3-7-17-13(12)15/h3-9H,2,10H2,1H3. The zero-order chi connectivity index (χ0) is 13.7. The van der Waals surface area contributed by atoms with Gasteiger partial charge in [0.25, 0.3) is 5.91 Å². The second-order valence-corrected chi connectivity index (χ2v) is 4.77.